The molecule has 16 heavy (non-hydrogen) atoms. The monoisotopic (exact) mass is 266 g/mol. The van der Waals surface area contributed by atoms with E-state index in [1.807, 2.05) is 6.92 Å². The molecule has 0 aliphatic heterocycles. The lowest BCUT2D eigenvalue weighted by molar-refractivity contribution is 0.157. The molecule has 0 saturated carbocycles. The van der Waals surface area contributed by atoms with Crippen LogP contribution < -0.4 is 0 Å². The van der Waals surface area contributed by atoms with Crippen LogP contribution in [0.15, 0.2) is 6.20 Å². The van der Waals surface area contributed by atoms with Crippen LogP contribution >= 0.6 is 10.7 Å². The summed E-state index contributed by atoms with van der Waals surface area (Å²) in [7, 11) is 3.27. The minimum atomic E-state index is -3.54. The molecule has 0 saturated heterocycles. The van der Waals surface area contributed by atoms with Gasteiger partial charge in [-0.15, -0.1) is 0 Å². The van der Waals surface area contributed by atoms with Crippen LogP contribution in [0.3, 0.4) is 0 Å². The number of nitrogens with zero attached hydrogens (tertiary/aromatic N) is 2. The van der Waals surface area contributed by atoms with Crippen molar-refractivity contribution >= 4 is 19.7 Å². The van der Waals surface area contributed by atoms with Crippen molar-refractivity contribution in [1.29, 1.82) is 0 Å². The summed E-state index contributed by atoms with van der Waals surface area (Å²) in [6.45, 7) is 4.22. The summed E-state index contributed by atoms with van der Waals surface area (Å²) >= 11 is 0. The second kappa shape index (κ2) is 5.16. The zero-order valence-electron chi connectivity index (χ0n) is 9.47. The summed E-state index contributed by atoms with van der Waals surface area (Å²) < 4.78 is 28.6. The predicted octanol–water partition coefficient (Wildman–Crippen LogP) is 1.47. The molecule has 0 fully saturated rings. The first kappa shape index (κ1) is 13.5. The van der Waals surface area contributed by atoms with Crippen molar-refractivity contribution in [3.05, 3.63) is 17.5 Å². The van der Waals surface area contributed by atoms with Crippen molar-refractivity contribution in [2.75, 3.05) is 13.7 Å². The lowest BCUT2D eigenvalue weighted by atomic mass is 10.3. The van der Waals surface area contributed by atoms with Crippen molar-refractivity contribution in [3.63, 3.8) is 0 Å². The molecule has 1 rings (SSSR count). The van der Waals surface area contributed by atoms with Crippen LogP contribution in [-0.2, 0) is 19.5 Å². The number of hydrogen-bond acceptors (Lipinski definition) is 4. The van der Waals surface area contributed by atoms with Crippen molar-refractivity contribution in [2.45, 2.75) is 25.6 Å². The Morgan fingerprint density at radius 1 is 1.62 bits per heavy atom. The molecule has 0 bridgehead atoms. The minimum absolute atomic E-state index is 0.0653. The molecular formula is C9H15ClN2O3S. The molecule has 0 N–H and O–H groups in total. The van der Waals surface area contributed by atoms with E-state index >= 15 is 0 Å². The van der Waals surface area contributed by atoms with E-state index in [9.17, 15) is 8.42 Å². The highest BCUT2D eigenvalue weighted by atomic mass is 35.7. The van der Waals surface area contributed by atoms with Crippen LogP contribution in [0.5, 0.6) is 0 Å². The molecule has 7 heteroatoms. The van der Waals surface area contributed by atoms with Gasteiger partial charge in [0, 0.05) is 29.6 Å². The lowest BCUT2D eigenvalue weighted by Gasteiger charge is -2.09. The van der Waals surface area contributed by atoms with E-state index in [-0.39, 0.29) is 11.8 Å². The Morgan fingerprint density at radius 2 is 2.25 bits per heavy atom. The maximum absolute atomic E-state index is 11.0. The second-order valence-corrected chi connectivity index (χ2v) is 6.48. The molecule has 1 aromatic rings. The zero-order valence-corrected chi connectivity index (χ0v) is 11.0. The second-order valence-electron chi connectivity index (χ2n) is 3.71. The van der Waals surface area contributed by atoms with Crippen LogP contribution in [-0.4, -0.2) is 31.9 Å². The summed E-state index contributed by atoms with van der Waals surface area (Å²) in [5.41, 5.74) is 1.30. The average molecular weight is 267 g/mol. The average Bonchev–Trinajstić information content (AvgIpc) is 2.45. The van der Waals surface area contributed by atoms with Crippen molar-refractivity contribution in [2.24, 2.45) is 0 Å². The van der Waals surface area contributed by atoms with Gasteiger partial charge in [0.1, 0.15) is 0 Å². The summed E-state index contributed by atoms with van der Waals surface area (Å²) in [4.78, 5) is 0. The lowest BCUT2D eigenvalue weighted by Crippen LogP contribution is -2.11. The van der Waals surface area contributed by atoms with E-state index < -0.39 is 9.05 Å². The molecule has 1 heterocycles. The number of ether oxygens (including phenoxy) is 1. The van der Waals surface area contributed by atoms with Gasteiger partial charge in [0.25, 0.3) is 0 Å². The molecule has 1 atom stereocenters. The smallest absolute Gasteiger partial charge is 0.236 e. The Bertz CT molecular complexity index is 455. The Morgan fingerprint density at radius 3 is 2.75 bits per heavy atom. The standard InChI is InChI=1S/C9H15ClN2O3S/c1-7(5-15-3)12-4-9(8(2)11-12)6-16(10,13)14/h4,7H,5-6H2,1-3H3. The summed E-state index contributed by atoms with van der Waals surface area (Å²) in [6, 6.07) is 0.0653. The molecule has 92 valence electrons. The highest BCUT2D eigenvalue weighted by molar-refractivity contribution is 8.13. The van der Waals surface area contributed by atoms with Gasteiger partial charge in [0.2, 0.25) is 9.05 Å². The van der Waals surface area contributed by atoms with Gasteiger partial charge in [-0.2, -0.15) is 5.10 Å². The van der Waals surface area contributed by atoms with E-state index in [4.69, 9.17) is 15.4 Å². The molecule has 0 spiro atoms. The fourth-order valence-corrected chi connectivity index (χ4v) is 2.40. The molecule has 1 aromatic heterocycles. The Balaban J connectivity index is 2.89. The van der Waals surface area contributed by atoms with E-state index in [1.54, 1.807) is 24.9 Å². The SMILES string of the molecule is COCC(C)n1cc(CS(=O)(=O)Cl)c(C)n1. The Labute approximate surface area is 99.8 Å². The molecule has 1 unspecified atom stereocenters. The first-order valence-electron chi connectivity index (χ1n) is 4.79. The van der Waals surface area contributed by atoms with Crippen LogP contribution in [0.1, 0.15) is 24.2 Å². The number of rotatable bonds is 5. The van der Waals surface area contributed by atoms with Crippen LogP contribution in [0.2, 0.25) is 0 Å². The fourth-order valence-electron chi connectivity index (χ4n) is 1.39. The topological polar surface area (TPSA) is 61.2 Å². The molecule has 0 radical (unpaired) electrons. The molecule has 0 aliphatic rings. The normalized spacial score (nSPS) is 14.0. The third-order valence-electron chi connectivity index (χ3n) is 2.21. The van der Waals surface area contributed by atoms with Gasteiger partial charge in [0.15, 0.2) is 0 Å². The maximum atomic E-state index is 11.0. The van der Waals surface area contributed by atoms with Crippen LogP contribution in [0.4, 0.5) is 0 Å². The molecule has 0 amide bonds. The number of hydrogen-bond donors (Lipinski definition) is 0. The molecular weight excluding hydrogens is 252 g/mol. The molecule has 5 nitrogen and oxygen atoms in total. The highest BCUT2D eigenvalue weighted by Gasteiger charge is 2.15. The van der Waals surface area contributed by atoms with Gasteiger partial charge < -0.3 is 4.74 Å². The summed E-state index contributed by atoms with van der Waals surface area (Å²) in [5.74, 6) is -0.194. The largest absolute Gasteiger partial charge is 0.382 e. The van der Waals surface area contributed by atoms with Gasteiger partial charge in [-0.25, -0.2) is 8.42 Å². The molecule has 0 aromatic carbocycles. The third kappa shape index (κ3) is 3.77. The Kier molecular flexibility index (Phi) is 4.35. The van der Waals surface area contributed by atoms with E-state index in [0.29, 0.717) is 17.9 Å². The predicted molar refractivity (Wildman–Crippen MR) is 62.0 cm³/mol. The minimum Gasteiger partial charge on any atom is -0.382 e. The number of halogens is 1. The van der Waals surface area contributed by atoms with E-state index in [1.165, 1.54) is 0 Å². The van der Waals surface area contributed by atoms with Gasteiger partial charge in [-0.05, 0) is 13.8 Å². The number of aromatic nitrogens is 2. The molecule has 0 aliphatic carbocycles. The van der Waals surface area contributed by atoms with Crippen LogP contribution in [0.25, 0.3) is 0 Å². The number of methoxy groups -OCH3 is 1. The van der Waals surface area contributed by atoms with E-state index in [0.717, 1.165) is 0 Å². The van der Waals surface area contributed by atoms with Crippen LogP contribution in [0, 0.1) is 6.92 Å². The maximum Gasteiger partial charge on any atom is 0.236 e. The zero-order chi connectivity index (χ0) is 12.3. The Hall–Kier alpha value is -0.590. The van der Waals surface area contributed by atoms with Crippen molar-refractivity contribution in [3.8, 4) is 0 Å². The third-order valence-corrected chi connectivity index (χ3v) is 3.19. The van der Waals surface area contributed by atoms with Gasteiger partial charge >= 0.3 is 0 Å². The fraction of sp³-hybridized carbons (Fsp3) is 0.667. The van der Waals surface area contributed by atoms with Gasteiger partial charge in [-0.1, -0.05) is 0 Å². The van der Waals surface area contributed by atoms with Crippen molar-refractivity contribution < 1.29 is 13.2 Å². The summed E-state index contributed by atoms with van der Waals surface area (Å²) in [6.07, 6.45) is 1.69. The van der Waals surface area contributed by atoms with Gasteiger partial charge in [0.05, 0.1) is 24.1 Å². The summed E-state index contributed by atoms with van der Waals surface area (Å²) in [5, 5.41) is 4.23. The first-order chi connectivity index (χ1) is 7.33. The quantitative estimate of drug-likeness (QED) is 0.757. The number of aryl methyl sites for hydroxylation is 1. The van der Waals surface area contributed by atoms with Gasteiger partial charge in [-0.3, -0.25) is 4.68 Å². The van der Waals surface area contributed by atoms with Crippen molar-refractivity contribution in [1.82, 2.24) is 9.78 Å². The van der Waals surface area contributed by atoms with E-state index in [2.05, 4.69) is 5.10 Å². The highest BCUT2D eigenvalue weighted by Crippen LogP contribution is 2.15. The first-order valence-corrected chi connectivity index (χ1v) is 7.27.